The van der Waals surface area contributed by atoms with Crippen molar-refractivity contribution in [2.24, 2.45) is 0 Å². The molecule has 0 aromatic carbocycles. The second-order valence-electron chi connectivity index (χ2n) is 3.94. The lowest BCUT2D eigenvalue weighted by atomic mass is 10.1. The molecule has 1 unspecified atom stereocenters. The summed E-state index contributed by atoms with van der Waals surface area (Å²) in [6.45, 7) is 1.22. The van der Waals surface area contributed by atoms with Crippen molar-refractivity contribution in [3.8, 4) is 0 Å². The van der Waals surface area contributed by atoms with Crippen LogP contribution in [0, 0.1) is 0 Å². The van der Waals surface area contributed by atoms with E-state index < -0.39 is 37.2 Å². The van der Waals surface area contributed by atoms with Crippen molar-refractivity contribution >= 4 is 12.0 Å². The van der Waals surface area contributed by atoms with E-state index in [1.807, 2.05) is 0 Å². The van der Waals surface area contributed by atoms with Gasteiger partial charge in [-0.3, -0.25) is 4.79 Å². The van der Waals surface area contributed by atoms with E-state index in [2.05, 4.69) is 5.32 Å². The van der Waals surface area contributed by atoms with Gasteiger partial charge in [-0.15, -0.1) is 0 Å². The number of halogens is 3. The number of urea groups is 1. The Labute approximate surface area is 103 Å². The second-order valence-corrected chi connectivity index (χ2v) is 3.94. The van der Waals surface area contributed by atoms with Crippen molar-refractivity contribution in [2.75, 3.05) is 13.6 Å². The number of carbonyl (C=O) groups is 2. The van der Waals surface area contributed by atoms with Gasteiger partial charge in [-0.25, -0.2) is 4.79 Å². The molecule has 2 amide bonds. The van der Waals surface area contributed by atoms with E-state index in [4.69, 9.17) is 5.11 Å². The van der Waals surface area contributed by atoms with Crippen molar-refractivity contribution < 1.29 is 27.9 Å². The van der Waals surface area contributed by atoms with Crippen LogP contribution in [0.25, 0.3) is 0 Å². The number of carbonyl (C=O) groups excluding carboxylic acids is 1. The highest BCUT2D eigenvalue weighted by Crippen LogP contribution is 2.19. The molecule has 0 spiro atoms. The zero-order valence-corrected chi connectivity index (χ0v) is 10.3. The predicted octanol–water partition coefficient (Wildman–Crippen LogP) is 1.83. The second kappa shape index (κ2) is 7.07. The molecule has 0 radical (unpaired) electrons. The third-order valence-electron chi connectivity index (χ3n) is 2.32. The quantitative estimate of drug-likeness (QED) is 0.773. The molecule has 0 aliphatic carbocycles. The third-order valence-corrected chi connectivity index (χ3v) is 2.32. The molecule has 0 saturated carbocycles. The molecule has 8 heteroatoms. The highest BCUT2D eigenvalue weighted by atomic mass is 19.4. The minimum Gasteiger partial charge on any atom is -0.481 e. The lowest BCUT2D eigenvalue weighted by Crippen LogP contribution is -2.44. The maximum Gasteiger partial charge on any atom is 0.390 e. The fourth-order valence-corrected chi connectivity index (χ4v) is 1.19. The molecule has 1 atom stereocenters. The summed E-state index contributed by atoms with van der Waals surface area (Å²) in [7, 11) is 1.23. The minimum atomic E-state index is -4.32. The van der Waals surface area contributed by atoms with Gasteiger partial charge in [0.15, 0.2) is 0 Å². The van der Waals surface area contributed by atoms with Crippen LogP contribution in [0.2, 0.25) is 0 Å². The number of alkyl halides is 3. The van der Waals surface area contributed by atoms with Crippen LogP contribution in [0.4, 0.5) is 18.0 Å². The Balaban J connectivity index is 4.17. The molecule has 0 rings (SSSR count). The van der Waals surface area contributed by atoms with Crippen LogP contribution in [-0.4, -0.2) is 47.8 Å². The monoisotopic (exact) mass is 270 g/mol. The molecule has 106 valence electrons. The van der Waals surface area contributed by atoms with Gasteiger partial charge < -0.3 is 15.3 Å². The van der Waals surface area contributed by atoms with E-state index in [9.17, 15) is 22.8 Å². The van der Waals surface area contributed by atoms with Gasteiger partial charge >= 0.3 is 18.2 Å². The number of nitrogens with zero attached hydrogens (tertiary/aromatic N) is 1. The number of hydrogen-bond acceptors (Lipinski definition) is 2. The zero-order chi connectivity index (χ0) is 14.3. The van der Waals surface area contributed by atoms with Crippen molar-refractivity contribution in [1.29, 1.82) is 0 Å². The largest absolute Gasteiger partial charge is 0.481 e. The van der Waals surface area contributed by atoms with E-state index in [-0.39, 0.29) is 6.42 Å². The Bertz CT molecular complexity index is 295. The summed E-state index contributed by atoms with van der Waals surface area (Å²) in [5, 5.41) is 10.9. The molecule has 0 bridgehead atoms. The van der Waals surface area contributed by atoms with Crippen molar-refractivity contribution in [3.05, 3.63) is 0 Å². The molecular formula is C10H17F3N2O3. The summed E-state index contributed by atoms with van der Waals surface area (Å²) in [5.74, 6) is -1.07. The lowest BCUT2D eigenvalue weighted by Gasteiger charge is -2.22. The summed E-state index contributed by atoms with van der Waals surface area (Å²) >= 11 is 0. The highest BCUT2D eigenvalue weighted by Gasteiger charge is 2.28. The molecule has 0 aromatic heterocycles. The molecule has 2 N–H and O–H groups in total. The SMILES string of the molecule is CCC(CC(=O)O)NC(=O)N(C)CCC(F)(F)F. The van der Waals surface area contributed by atoms with Crippen LogP contribution in [0.3, 0.4) is 0 Å². The van der Waals surface area contributed by atoms with Crippen LogP contribution in [0.5, 0.6) is 0 Å². The van der Waals surface area contributed by atoms with Crippen LogP contribution < -0.4 is 5.32 Å². The molecule has 18 heavy (non-hydrogen) atoms. The molecule has 0 aromatic rings. The summed E-state index contributed by atoms with van der Waals surface area (Å²) in [5.41, 5.74) is 0. The van der Waals surface area contributed by atoms with Crippen LogP contribution >= 0.6 is 0 Å². The third kappa shape index (κ3) is 7.75. The number of amides is 2. The fraction of sp³-hybridized carbons (Fsp3) is 0.800. The number of aliphatic carboxylic acids is 1. The number of carboxylic acids is 1. The number of nitrogens with one attached hydrogen (secondary N) is 1. The average molecular weight is 270 g/mol. The fourth-order valence-electron chi connectivity index (χ4n) is 1.19. The smallest absolute Gasteiger partial charge is 0.390 e. The van der Waals surface area contributed by atoms with Crippen LogP contribution in [0.15, 0.2) is 0 Å². The molecule has 0 fully saturated rings. The summed E-state index contributed by atoms with van der Waals surface area (Å²) in [4.78, 5) is 22.8. The first-order chi connectivity index (χ1) is 8.15. The Morgan fingerprint density at radius 3 is 2.33 bits per heavy atom. The molecule has 0 heterocycles. The normalized spacial score (nSPS) is 12.9. The van der Waals surface area contributed by atoms with Gasteiger partial charge in [0.1, 0.15) is 0 Å². The summed E-state index contributed by atoms with van der Waals surface area (Å²) < 4.78 is 35.8. The Hall–Kier alpha value is -1.47. The van der Waals surface area contributed by atoms with Gasteiger partial charge in [0.05, 0.1) is 12.8 Å². The lowest BCUT2D eigenvalue weighted by molar-refractivity contribution is -0.137. The maximum absolute atomic E-state index is 11.9. The molecule has 0 saturated heterocycles. The zero-order valence-electron chi connectivity index (χ0n) is 10.3. The number of rotatable bonds is 6. The van der Waals surface area contributed by atoms with Gasteiger partial charge in [-0.2, -0.15) is 13.2 Å². The van der Waals surface area contributed by atoms with E-state index in [0.29, 0.717) is 6.42 Å². The average Bonchev–Trinajstić information content (AvgIpc) is 2.22. The van der Waals surface area contributed by atoms with Gasteiger partial charge in [0.2, 0.25) is 0 Å². The maximum atomic E-state index is 11.9. The molecule has 0 aliphatic rings. The van der Waals surface area contributed by atoms with Gasteiger partial charge in [-0.1, -0.05) is 6.92 Å². The highest BCUT2D eigenvalue weighted by molar-refractivity contribution is 5.75. The van der Waals surface area contributed by atoms with Crippen molar-refractivity contribution in [1.82, 2.24) is 10.2 Å². The Morgan fingerprint density at radius 2 is 1.94 bits per heavy atom. The first-order valence-corrected chi connectivity index (χ1v) is 5.46. The predicted molar refractivity (Wildman–Crippen MR) is 58.2 cm³/mol. The molecule has 5 nitrogen and oxygen atoms in total. The van der Waals surface area contributed by atoms with Gasteiger partial charge in [-0.05, 0) is 6.42 Å². The number of carboxylic acid groups (broad SMARTS) is 1. The van der Waals surface area contributed by atoms with Crippen LogP contribution in [-0.2, 0) is 4.79 Å². The summed E-state index contributed by atoms with van der Waals surface area (Å²) in [6, 6.07) is -1.28. The van der Waals surface area contributed by atoms with Crippen LogP contribution in [0.1, 0.15) is 26.2 Å². The Morgan fingerprint density at radius 1 is 1.39 bits per heavy atom. The molecule has 0 aliphatic heterocycles. The first-order valence-electron chi connectivity index (χ1n) is 5.46. The van der Waals surface area contributed by atoms with Gasteiger partial charge in [0, 0.05) is 19.6 Å². The van der Waals surface area contributed by atoms with E-state index in [0.717, 1.165) is 4.90 Å². The van der Waals surface area contributed by atoms with E-state index in [1.165, 1.54) is 7.05 Å². The number of hydrogen-bond donors (Lipinski definition) is 2. The van der Waals surface area contributed by atoms with E-state index in [1.54, 1.807) is 6.92 Å². The Kier molecular flexibility index (Phi) is 6.50. The minimum absolute atomic E-state index is 0.255. The topological polar surface area (TPSA) is 69.6 Å². The van der Waals surface area contributed by atoms with E-state index >= 15 is 0 Å². The first kappa shape index (κ1) is 16.5. The van der Waals surface area contributed by atoms with Crippen molar-refractivity contribution in [2.45, 2.75) is 38.4 Å². The molecular weight excluding hydrogens is 253 g/mol. The standard InChI is InChI=1S/C10H17F3N2O3/c1-3-7(6-8(16)17)14-9(18)15(2)5-4-10(11,12)13/h7H,3-6H2,1-2H3,(H,14,18)(H,16,17). The van der Waals surface area contributed by atoms with Crippen molar-refractivity contribution in [3.63, 3.8) is 0 Å². The summed E-state index contributed by atoms with van der Waals surface area (Å²) in [6.07, 6.45) is -5.27. The van der Waals surface area contributed by atoms with Gasteiger partial charge in [0.25, 0.3) is 0 Å².